The lowest BCUT2D eigenvalue weighted by Crippen LogP contribution is -2.60. The Morgan fingerprint density at radius 2 is 1.65 bits per heavy atom. The van der Waals surface area contributed by atoms with E-state index in [1.165, 1.54) is 24.3 Å². The molecular weight excluding hydrogens is 404 g/mol. The average molecular weight is 432 g/mol. The van der Waals surface area contributed by atoms with Crippen molar-refractivity contribution >= 4 is 5.78 Å². The Morgan fingerprint density at radius 1 is 0.968 bits per heavy atom. The summed E-state index contributed by atoms with van der Waals surface area (Å²) in [5.74, 6) is 0.0606. The molecule has 0 saturated carbocycles. The fourth-order valence-corrected chi connectivity index (χ4v) is 3.43. The third-order valence-electron chi connectivity index (χ3n) is 5.31. The summed E-state index contributed by atoms with van der Waals surface area (Å²) in [6.45, 7) is -0.551. The number of aliphatic hydroxyl groups excluding tert-OH is 5. The summed E-state index contributed by atoms with van der Waals surface area (Å²) < 4.78 is 10.8. The van der Waals surface area contributed by atoms with E-state index < -0.39 is 43.4 Å². The van der Waals surface area contributed by atoms with Crippen LogP contribution in [-0.4, -0.2) is 74.7 Å². The van der Waals surface area contributed by atoms with Crippen LogP contribution in [0.15, 0.2) is 54.6 Å². The number of aryl methyl sites for hydroxylation is 1. The molecule has 1 aliphatic heterocycles. The van der Waals surface area contributed by atoms with E-state index in [4.69, 9.17) is 9.47 Å². The number of benzene rings is 2. The molecule has 1 heterocycles. The van der Waals surface area contributed by atoms with E-state index in [1.807, 2.05) is 30.3 Å². The Bertz CT molecular complexity index is 823. The van der Waals surface area contributed by atoms with Crippen LogP contribution in [0.25, 0.3) is 0 Å². The summed E-state index contributed by atoms with van der Waals surface area (Å²) in [4.78, 5) is 12.4. The van der Waals surface area contributed by atoms with Crippen LogP contribution in [0.3, 0.4) is 0 Å². The second-order valence-electron chi connectivity index (χ2n) is 7.64. The van der Waals surface area contributed by atoms with Gasteiger partial charge < -0.3 is 35.0 Å². The lowest BCUT2D eigenvalue weighted by Gasteiger charge is -2.39. The number of carbonyl (C=O) groups excluding carboxylic acids is 1. The molecule has 0 aromatic heterocycles. The Hall–Kier alpha value is -2.33. The van der Waals surface area contributed by atoms with Gasteiger partial charge in [0.2, 0.25) is 6.29 Å². The summed E-state index contributed by atoms with van der Waals surface area (Å²) in [7, 11) is 0. The molecular formula is C23H28O8. The number of Topliss-reactive ketones (excluding diaryl/α,β-unsaturated/α-hetero) is 1. The minimum Gasteiger partial charge on any atom is -0.462 e. The third-order valence-corrected chi connectivity index (χ3v) is 5.31. The molecule has 168 valence electrons. The van der Waals surface area contributed by atoms with Gasteiger partial charge in [0.05, 0.1) is 12.7 Å². The number of ether oxygens (including phenoxy) is 2. The number of aliphatic hydroxyl groups is 5. The first-order valence-electron chi connectivity index (χ1n) is 10.2. The van der Waals surface area contributed by atoms with E-state index >= 15 is 0 Å². The predicted molar refractivity (Wildman–Crippen MR) is 111 cm³/mol. The molecule has 1 saturated heterocycles. The van der Waals surface area contributed by atoms with Crippen molar-refractivity contribution in [1.82, 2.24) is 0 Å². The summed E-state index contributed by atoms with van der Waals surface area (Å²) in [6.07, 6.45) is -6.47. The van der Waals surface area contributed by atoms with Crippen LogP contribution in [0.1, 0.15) is 28.8 Å². The second-order valence-corrected chi connectivity index (χ2v) is 7.64. The van der Waals surface area contributed by atoms with Gasteiger partial charge in [0, 0.05) is 12.0 Å². The normalized spacial score (nSPS) is 26.9. The molecule has 1 fully saturated rings. The molecule has 8 nitrogen and oxygen atoms in total. The molecule has 2 aromatic rings. The van der Waals surface area contributed by atoms with E-state index in [2.05, 4.69) is 0 Å². The number of rotatable bonds is 9. The van der Waals surface area contributed by atoms with E-state index in [0.717, 1.165) is 5.56 Å². The monoisotopic (exact) mass is 432 g/mol. The van der Waals surface area contributed by atoms with Crippen molar-refractivity contribution in [2.45, 2.75) is 56.1 Å². The van der Waals surface area contributed by atoms with Gasteiger partial charge in [-0.1, -0.05) is 30.3 Å². The SMILES string of the molecule is O=C(C[C@@H](O)CCc1ccccc1)c1ccc(O[C@@H]2O[C@H](CO)[C@@H](O)[C@H](O)[C@H]2O)cc1. The highest BCUT2D eigenvalue weighted by molar-refractivity contribution is 5.96. The summed E-state index contributed by atoms with van der Waals surface area (Å²) in [5, 5.41) is 49.1. The highest BCUT2D eigenvalue weighted by atomic mass is 16.7. The smallest absolute Gasteiger partial charge is 0.229 e. The minimum absolute atomic E-state index is 0.000250. The van der Waals surface area contributed by atoms with Gasteiger partial charge in [-0.3, -0.25) is 4.79 Å². The molecule has 1 aliphatic rings. The van der Waals surface area contributed by atoms with Crippen LogP contribution in [0.2, 0.25) is 0 Å². The van der Waals surface area contributed by atoms with Crippen LogP contribution in [-0.2, 0) is 11.2 Å². The van der Waals surface area contributed by atoms with Crippen LogP contribution < -0.4 is 4.74 Å². The van der Waals surface area contributed by atoms with Crippen molar-refractivity contribution < 1.29 is 39.8 Å². The van der Waals surface area contributed by atoms with Gasteiger partial charge in [-0.15, -0.1) is 0 Å². The van der Waals surface area contributed by atoms with E-state index in [-0.39, 0.29) is 18.0 Å². The van der Waals surface area contributed by atoms with Crippen molar-refractivity contribution in [3.63, 3.8) is 0 Å². The van der Waals surface area contributed by atoms with Gasteiger partial charge in [-0.2, -0.15) is 0 Å². The summed E-state index contributed by atoms with van der Waals surface area (Å²) >= 11 is 0. The Kier molecular flexibility index (Phi) is 8.14. The fourth-order valence-electron chi connectivity index (χ4n) is 3.43. The zero-order chi connectivity index (χ0) is 22.4. The lowest BCUT2D eigenvalue weighted by molar-refractivity contribution is -0.277. The van der Waals surface area contributed by atoms with E-state index in [1.54, 1.807) is 0 Å². The molecule has 6 atom stereocenters. The van der Waals surface area contributed by atoms with Gasteiger partial charge in [-0.05, 0) is 42.7 Å². The van der Waals surface area contributed by atoms with Crippen molar-refractivity contribution in [1.29, 1.82) is 0 Å². The Labute approximate surface area is 180 Å². The standard InChI is InChI=1S/C23H28O8/c24-13-19-20(27)21(28)22(29)23(31-19)30-17-10-7-15(8-11-17)18(26)12-16(25)9-6-14-4-2-1-3-5-14/h1-5,7-8,10-11,16,19-25,27-29H,6,9,12-13H2/t16-,19+,20+,21-,22+,23+/m0/s1. The zero-order valence-corrected chi connectivity index (χ0v) is 16.9. The number of carbonyl (C=O) groups is 1. The first-order valence-corrected chi connectivity index (χ1v) is 10.2. The molecule has 0 amide bonds. The Balaban J connectivity index is 1.52. The highest BCUT2D eigenvalue weighted by Crippen LogP contribution is 2.25. The molecule has 5 N–H and O–H groups in total. The average Bonchev–Trinajstić information content (AvgIpc) is 2.79. The molecule has 31 heavy (non-hydrogen) atoms. The Morgan fingerprint density at radius 3 is 2.29 bits per heavy atom. The molecule has 0 spiro atoms. The topological polar surface area (TPSA) is 137 Å². The van der Waals surface area contributed by atoms with Crippen molar-refractivity contribution in [2.24, 2.45) is 0 Å². The van der Waals surface area contributed by atoms with E-state index in [9.17, 15) is 30.3 Å². The van der Waals surface area contributed by atoms with Gasteiger partial charge in [0.25, 0.3) is 0 Å². The summed E-state index contributed by atoms with van der Waals surface area (Å²) in [5.41, 5.74) is 1.50. The maximum atomic E-state index is 12.4. The number of ketones is 1. The minimum atomic E-state index is -1.53. The van der Waals surface area contributed by atoms with Crippen LogP contribution in [0.5, 0.6) is 5.75 Å². The first kappa shape index (κ1) is 23.3. The highest BCUT2D eigenvalue weighted by Gasteiger charge is 2.44. The molecule has 0 aliphatic carbocycles. The number of hydrogen-bond donors (Lipinski definition) is 5. The van der Waals surface area contributed by atoms with Crippen LogP contribution in [0, 0.1) is 0 Å². The molecule has 0 unspecified atom stereocenters. The van der Waals surface area contributed by atoms with Gasteiger partial charge in [0.15, 0.2) is 5.78 Å². The number of hydrogen-bond acceptors (Lipinski definition) is 8. The third kappa shape index (κ3) is 6.10. The van der Waals surface area contributed by atoms with Gasteiger partial charge in [-0.25, -0.2) is 0 Å². The van der Waals surface area contributed by atoms with Crippen molar-refractivity contribution in [3.05, 3.63) is 65.7 Å². The fraction of sp³-hybridized carbons (Fsp3) is 0.435. The van der Waals surface area contributed by atoms with Crippen LogP contribution >= 0.6 is 0 Å². The maximum Gasteiger partial charge on any atom is 0.229 e. The second kappa shape index (κ2) is 10.8. The van der Waals surface area contributed by atoms with Crippen molar-refractivity contribution in [3.8, 4) is 5.75 Å². The maximum absolute atomic E-state index is 12.4. The molecule has 0 radical (unpaired) electrons. The lowest BCUT2D eigenvalue weighted by atomic mass is 9.99. The van der Waals surface area contributed by atoms with Crippen LogP contribution in [0.4, 0.5) is 0 Å². The quantitative estimate of drug-likeness (QED) is 0.360. The molecule has 2 aromatic carbocycles. The first-order chi connectivity index (χ1) is 14.9. The zero-order valence-electron chi connectivity index (χ0n) is 16.9. The van der Waals surface area contributed by atoms with Gasteiger partial charge in [0.1, 0.15) is 30.2 Å². The van der Waals surface area contributed by atoms with Gasteiger partial charge >= 0.3 is 0 Å². The van der Waals surface area contributed by atoms with E-state index in [0.29, 0.717) is 18.4 Å². The summed E-state index contributed by atoms with van der Waals surface area (Å²) in [6, 6.07) is 15.8. The molecule has 0 bridgehead atoms. The largest absolute Gasteiger partial charge is 0.462 e. The molecule has 3 rings (SSSR count). The predicted octanol–water partition coefficient (Wildman–Crippen LogP) is 0.432. The molecule has 8 heteroatoms. The van der Waals surface area contributed by atoms with Crippen molar-refractivity contribution in [2.75, 3.05) is 6.61 Å².